The molecule has 9 heteroatoms. The van der Waals surface area contributed by atoms with E-state index in [4.69, 9.17) is 19.3 Å². The zero-order valence-corrected chi connectivity index (χ0v) is 22.1. The van der Waals surface area contributed by atoms with Gasteiger partial charge in [0.1, 0.15) is 6.61 Å². The zero-order valence-electron chi connectivity index (χ0n) is 21.3. The predicted octanol–water partition coefficient (Wildman–Crippen LogP) is 6.39. The number of hydrogen-bond acceptors (Lipinski definition) is 6. The summed E-state index contributed by atoms with van der Waals surface area (Å²) in [5.41, 5.74) is 0. The fourth-order valence-electron chi connectivity index (χ4n) is 3.28. The molecule has 0 aliphatic carbocycles. The first-order valence-corrected chi connectivity index (χ1v) is 14.5. The molecule has 0 rings (SSSR count). The largest absolute Gasteiger partial charge is 0.469 e. The number of ether oxygens (including phenoxy) is 2. The summed E-state index contributed by atoms with van der Waals surface area (Å²) >= 11 is 0. The van der Waals surface area contributed by atoms with Gasteiger partial charge in [0.15, 0.2) is 6.10 Å². The second kappa shape index (κ2) is 22.3. The van der Waals surface area contributed by atoms with E-state index in [1.807, 2.05) is 6.92 Å². The highest BCUT2D eigenvalue weighted by molar-refractivity contribution is 7.46. The highest BCUT2D eigenvalue weighted by Crippen LogP contribution is 2.35. The Morgan fingerprint density at radius 2 is 1.26 bits per heavy atom. The molecule has 0 radical (unpaired) electrons. The van der Waals surface area contributed by atoms with Crippen molar-refractivity contribution >= 4 is 19.8 Å². The van der Waals surface area contributed by atoms with Gasteiger partial charge in [-0.3, -0.25) is 14.1 Å². The summed E-state index contributed by atoms with van der Waals surface area (Å²) in [4.78, 5) is 41.5. The van der Waals surface area contributed by atoms with Crippen LogP contribution in [-0.4, -0.2) is 41.0 Å². The summed E-state index contributed by atoms with van der Waals surface area (Å²) in [5, 5.41) is 0. The van der Waals surface area contributed by atoms with Crippen LogP contribution in [0, 0.1) is 0 Å². The van der Waals surface area contributed by atoms with Crippen molar-refractivity contribution < 1.29 is 37.9 Å². The lowest BCUT2D eigenvalue weighted by molar-refractivity contribution is -0.161. The Morgan fingerprint density at radius 1 is 0.735 bits per heavy atom. The van der Waals surface area contributed by atoms with Crippen molar-refractivity contribution in [1.29, 1.82) is 0 Å². The topological polar surface area (TPSA) is 119 Å². The van der Waals surface area contributed by atoms with Crippen LogP contribution in [0.25, 0.3) is 0 Å². The second-order valence-electron chi connectivity index (χ2n) is 8.67. The van der Waals surface area contributed by atoms with E-state index in [1.165, 1.54) is 38.5 Å². The zero-order chi connectivity index (χ0) is 25.5. The van der Waals surface area contributed by atoms with Crippen LogP contribution in [0.3, 0.4) is 0 Å². The van der Waals surface area contributed by atoms with Gasteiger partial charge < -0.3 is 19.3 Å². The van der Waals surface area contributed by atoms with E-state index in [0.717, 1.165) is 38.5 Å². The maximum Gasteiger partial charge on any atom is 0.469 e. The predicted molar refractivity (Wildman–Crippen MR) is 133 cm³/mol. The molecule has 0 amide bonds. The van der Waals surface area contributed by atoms with Crippen LogP contribution in [-0.2, 0) is 28.2 Å². The molecule has 0 heterocycles. The monoisotopic (exact) mass is 506 g/mol. The van der Waals surface area contributed by atoms with Gasteiger partial charge in [0.05, 0.1) is 6.61 Å². The van der Waals surface area contributed by atoms with E-state index < -0.39 is 32.5 Å². The highest BCUT2D eigenvalue weighted by atomic mass is 31.2. The number of rotatable bonds is 23. The Morgan fingerprint density at radius 3 is 1.85 bits per heavy atom. The Labute approximate surface area is 206 Å². The van der Waals surface area contributed by atoms with Gasteiger partial charge in [0.25, 0.3) is 0 Å². The number of carbonyl (C=O) groups is 2. The van der Waals surface area contributed by atoms with E-state index in [0.29, 0.717) is 12.8 Å². The van der Waals surface area contributed by atoms with Crippen LogP contribution in [0.5, 0.6) is 0 Å². The molecule has 8 nitrogen and oxygen atoms in total. The number of phosphoric acid groups is 1. The van der Waals surface area contributed by atoms with Gasteiger partial charge >= 0.3 is 19.8 Å². The Balaban J connectivity index is 3.95. The summed E-state index contributed by atoms with van der Waals surface area (Å²) < 4.78 is 25.6. The first kappa shape index (κ1) is 32.8. The number of phosphoric ester groups is 1. The molecule has 0 saturated heterocycles. The summed E-state index contributed by atoms with van der Waals surface area (Å²) in [6.07, 6.45) is 19.2. The summed E-state index contributed by atoms with van der Waals surface area (Å²) in [6, 6.07) is 0. The molecule has 0 spiro atoms. The van der Waals surface area contributed by atoms with Crippen LogP contribution in [0.15, 0.2) is 12.2 Å². The maximum absolute atomic E-state index is 12.1. The van der Waals surface area contributed by atoms with E-state index in [9.17, 15) is 14.2 Å². The van der Waals surface area contributed by atoms with E-state index in [1.54, 1.807) is 0 Å². The van der Waals surface area contributed by atoms with Gasteiger partial charge in [-0.25, -0.2) is 4.57 Å². The molecule has 200 valence electrons. The minimum Gasteiger partial charge on any atom is -0.462 e. The van der Waals surface area contributed by atoms with E-state index >= 15 is 0 Å². The third-order valence-electron chi connectivity index (χ3n) is 5.28. The normalized spacial score (nSPS) is 12.7. The van der Waals surface area contributed by atoms with Crippen LogP contribution in [0.1, 0.15) is 117 Å². The van der Waals surface area contributed by atoms with Crippen molar-refractivity contribution in [3.05, 3.63) is 12.2 Å². The molecule has 0 bridgehead atoms. The number of allylic oxidation sites excluding steroid dienone is 2. The Hall–Kier alpha value is -1.21. The number of carbonyl (C=O) groups excluding carboxylic acids is 2. The molecule has 1 unspecified atom stereocenters. The number of unbranched alkanes of at least 4 members (excludes halogenated alkanes) is 11. The molecular weight excluding hydrogens is 459 g/mol. The first-order valence-electron chi connectivity index (χ1n) is 13.0. The minimum atomic E-state index is -4.72. The number of hydrogen-bond donors (Lipinski definition) is 2. The highest BCUT2D eigenvalue weighted by Gasteiger charge is 2.22. The molecule has 0 aliphatic heterocycles. The van der Waals surface area contributed by atoms with Crippen molar-refractivity contribution in [2.75, 3.05) is 13.2 Å². The standard InChI is InChI=1S/C25H47O8P/c1-3-5-7-8-9-10-11-12-13-14-15-16-17-18-20-25(27)33-23(22-32-34(28,29)30)21-31-24(26)19-6-4-2/h11-12,23H,3-10,13-22H2,1-2H3,(H2,28,29,30)/b12-11-. The van der Waals surface area contributed by atoms with Crippen LogP contribution in [0.2, 0.25) is 0 Å². The maximum atomic E-state index is 12.1. The molecule has 1 atom stereocenters. The van der Waals surface area contributed by atoms with Gasteiger partial charge in [0.2, 0.25) is 0 Å². The molecular formula is C25H47O8P. The van der Waals surface area contributed by atoms with Crippen molar-refractivity contribution in [2.45, 2.75) is 123 Å². The SMILES string of the molecule is CCCCCCC/C=C\CCCCCCCC(=O)OC(COC(=O)CCCC)COP(=O)(O)O. The summed E-state index contributed by atoms with van der Waals surface area (Å²) in [5.74, 6) is -0.938. The van der Waals surface area contributed by atoms with Crippen LogP contribution < -0.4 is 0 Å². The Bertz CT molecular complexity index is 587. The smallest absolute Gasteiger partial charge is 0.462 e. The van der Waals surface area contributed by atoms with Gasteiger partial charge in [-0.2, -0.15) is 0 Å². The van der Waals surface area contributed by atoms with Gasteiger partial charge in [-0.1, -0.05) is 77.4 Å². The lowest BCUT2D eigenvalue weighted by Gasteiger charge is -2.18. The average Bonchev–Trinajstić information content (AvgIpc) is 2.79. The van der Waals surface area contributed by atoms with Gasteiger partial charge in [-0.05, 0) is 38.5 Å². The third kappa shape index (κ3) is 23.9. The molecule has 0 aromatic heterocycles. The summed E-state index contributed by atoms with van der Waals surface area (Å²) in [6.45, 7) is 3.34. The minimum absolute atomic E-state index is 0.203. The number of esters is 2. The first-order chi connectivity index (χ1) is 16.3. The summed E-state index contributed by atoms with van der Waals surface area (Å²) in [7, 11) is -4.72. The lowest BCUT2D eigenvalue weighted by atomic mass is 10.1. The van der Waals surface area contributed by atoms with Crippen LogP contribution >= 0.6 is 7.82 Å². The molecule has 34 heavy (non-hydrogen) atoms. The molecule has 0 fully saturated rings. The molecule has 0 aromatic carbocycles. The Kier molecular flexibility index (Phi) is 21.5. The quantitative estimate of drug-likeness (QED) is 0.0708. The van der Waals surface area contributed by atoms with Gasteiger partial charge in [-0.15, -0.1) is 0 Å². The van der Waals surface area contributed by atoms with Crippen molar-refractivity contribution in [3.8, 4) is 0 Å². The third-order valence-corrected chi connectivity index (χ3v) is 5.77. The van der Waals surface area contributed by atoms with E-state index in [-0.39, 0.29) is 19.4 Å². The molecule has 0 saturated carbocycles. The van der Waals surface area contributed by atoms with Crippen molar-refractivity contribution in [3.63, 3.8) is 0 Å². The lowest BCUT2D eigenvalue weighted by Crippen LogP contribution is -2.29. The van der Waals surface area contributed by atoms with Crippen molar-refractivity contribution in [2.24, 2.45) is 0 Å². The van der Waals surface area contributed by atoms with Gasteiger partial charge in [0, 0.05) is 12.8 Å². The average molecular weight is 507 g/mol. The fraction of sp³-hybridized carbons (Fsp3) is 0.840. The molecule has 0 aliphatic rings. The van der Waals surface area contributed by atoms with Crippen LogP contribution in [0.4, 0.5) is 0 Å². The molecule has 0 aromatic rings. The van der Waals surface area contributed by atoms with Crippen molar-refractivity contribution in [1.82, 2.24) is 0 Å². The second-order valence-corrected chi connectivity index (χ2v) is 9.90. The molecule has 2 N–H and O–H groups in total. The fourth-order valence-corrected chi connectivity index (χ4v) is 3.64. The van der Waals surface area contributed by atoms with E-state index in [2.05, 4.69) is 23.6 Å².